The summed E-state index contributed by atoms with van der Waals surface area (Å²) < 4.78 is 4.56. The zero-order chi connectivity index (χ0) is 14.3. The predicted octanol–water partition coefficient (Wildman–Crippen LogP) is 1.95. The van der Waals surface area contributed by atoms with Crippen LogP contribution in [0.4, 0.5) is 0 Å². The largest absolute Gasteiger partial charge is 0.469 e. The fraction of sp³-hybridized carbons (Fsp3) is 0.467. The molecule has 1 amide bonds. The van der Waals surface area contributed by atoms with E-state index in [1.807, 2.05) is 31.2 Å². The van der Waals surface area contributed by atoms with Gasteiger partial charge < -0.3 is 9.64 Å². The van der Waals surface area contributed by atoms with Crippen LogP contribution >= 0.6 is 0 Å². The smallest absolute Gasteiger partial charge is 0.305 e. The van der Waals surface area contributed by atoms with Gasteiger partial charge in [0.1, 0.15) is 0 Å². The lowest BCUT2D eigenvalue weighted by molar-refractivity contribution is -0.141. The summed E-state index contributed by atoms with van der Waals surface area (Å²) in [5.74, 6) is -0.168. The Morgan fingerprint density at radius 2 is 1.95 bits per heavy atom. The minimum atomic E-state index is -0.236. The average molecular weight is 263 g/mol. The molecule has 0 atom stereocenters. The van der Waals surface area contributed by atoms with Gasteiger partial charge in [-0.05, 0) is 24.5 Å². The Hall–Kier alpha value is -1.84. The third kappa shape index (κ3) is 5.12. The van der Waals surface area contributed by atoms with Crippen molar-refractivity contribution < 1.29 is 14.3 Å². The molecule has 104 valence electrons. The zero-order valence-corrected chi connectivity index (χ0v) is 11.8. The topological polar surface area (TPSA) is 46.6 Å². The first-order chi connectivity index (χ1) is 9.04. The van der Waals surface area contributed by atoms with Crippen molar-refractivity contribution in [1.29, 1.82) is 0 Å². The molecule has 4 heteroatoms. The molecule has 0 fully saturated rings. The summed E-state index contributed by atoms with van der Waals surface area (Å²) in [6, 6.07) is 7.87. The van der Waals surface area contributed by atoms with Gasteiger partial charge in [0, 0.05) is 20.0 Å². The maximum absolute atomic E-state index is 12.0. The summed E-state index contributed by atoms with van der Waals surface area (Å²) in [5, 5.41) is 0. The van der Waals surface area contributed by atoms with Crippen LogP contribution in [0.5, 0.6) is 0 Å². The SMILES string of the molecule is COC(=O)CCCN(C)C(=O)Cc1ccccc1C. The molecule has 1 aromatic rings. The Morgan fingerprint density at radius 3 is 2.58 bits per heavy atom. The summed E-state index contributed by atoms with van der Waals surface area (Å²) in [6.07, 6.45) is 1.38. The molecule has 4 nitrogen and oxygen atoms in total. The van der Waals surface area contributed by atoms with Gasteiger partial charge in [0.15, 0.2) is 0 Å². The van der Waals surface area contributed by atoms with Crippen molar-refractivity contribution in [3.05, 3.63) is 35.4 Å². The number of carbonyl (C=O) groups is 2. The van der Waals surface area contributed by atoms with Gasteiger partial charge in [0.2, 0.25) is 5.91 Å². The molecule has 1 rings (SSSR count). The van der Waals surface area contributed by atoms with Crippen molar-refractivity contribution in [2.75, 3.05) is 20.7 Å². The first kappa shape index (κ1) is 15.2. The van der Waals surface area contributed by atoms with E-state index in [1.165, 1.54) is 7.11 Å². The van der Waals surface area contributed by atoms with Crippen LogP contribution in [-0.4, -0.2) is 37.5 Å². The Morgan fingerprint density at radius 1 is 1.26 bits per heavy atom. The zero-order valence-electron chi connectivity index (χ0n) is 11.8. The highest BCUT2D eigenvalue weighted by Crippen LogP contribution is 2.09. The van der Waals surface area contributed by atoms with Gasteiger partial charge in [-0.25, -0.2) is 0 Å². The number of hydrogen-bond acceptors (Lipinski definition) is 3. The number of aryl methyl sites for hydroxylation is 1. The fourth-order valence-electron chi connectivity index (χ4n) is 1.79. The molecule has 0 aliphatic heterocycles. The number of likely N-dealkylation sites (N-methyl/N-ethyl adjacent to an activating group) is 1. The van der Waals surface area contributed by atoms with Crippen LogP contribution in [0.1, 0.15) is 24.0 Å². The molecular weight excluding hydrogens is 242 g/mol. The number of hydrogen-bond donors (Lipinski definition) is 0. The second-order valence-corrected chi connectivity index (χ2v) is 4.60. The summed E-state index contributed by atoms with van der Waals surface area (Å²) in [7, 11) is 3.13. The number of nitrogens with zero attached hydrogens (tertiary/aromatic N) is 1. The molecule has 0 N–H and O–H groups in total. The number of ether oxygens (including phenoxy) is 1. The number of benzene rings is 1. The molecule has 0 bridgehead atoms. The standard InChI is InChI=1S/C15H21NO3/c1-12-7-4-5-8-13(12)11-14(17)16(2)10-6-9-15(18)19-3/h4-5,7-8H,6,9-11H2,1-3H3. The van der Waals surface area contributed by atoms with Gasteiger partial charge in [0.25, 0.3) is 0 Å². The third-order valence-electron chi connectivity index (χ3n) is 3.13. The molecule has 1 aromatic carbocycles. The van der Waals surface area contributed by atoms with Crippen LogP contribution < -0.4 is 0 Å². The molecule has 0 heterocycles. The van der Waals surface area contributed by atoms with E-state index in [0.717, 1.165) is 11.1 Å². The van der Waals surface area contributed by atoms with Gasteiger partial charge >= 0.3 is 5.97 Å². The third-order valence-corrected chi connectivity index (χ3v) is 3.13. The maximum atomic E-state index is 12.0. The lowest BCUT2D eigenvalue weighted by atomic mass is 10.1. The Bertz CT molecular complexity index is 443. The van der Waals surface area contributed by atoms with Crippen molar-refractivity contribution in [1.82, 2.24) is 4.90 Å². The van der Waals surface area contributed by atoms with Crippen LogP contribution in [0.25, 0.3) is 0 Å². The second kappa shape index (κ2) is 7.56. The molecule has 0 aliphatic rings. The van der Waals surface area contributed by atoms with E-state index < -0.39 is 0 Å². The minimum absolute atomic E-state index is 0.0687. The highest BCUT2D eigenvalue weighted by atomic mass is 16.5. The van der Waals surface area contributed by atoms with Crippen LogP contribution in [0.3, 0.4) is 0 Å². The number of amides is 1. The van der Waals surface area contributed by atoms with E-state index in [-0.39, 0.29) is 11.9 Å². The fourth-order valence-corrected chi connectivity index (χ4v) is 1.79. The van der Waals surface area contributed by atoms with E-state index in [1.54, 1.807) is 11.9 Å². The summed E-state index contributed by atoms with van der Waals surface area (Å²) in [6.45, 7) is 2.57. The molecule has 0 aliphatic carbocycles. The van der Waals surface area contributed by atoms with Crippen LogP contribution in [0, 0.1) is 6.92 Å². The minimum Gasteiger partial charge on any atom is -0.469 e. The number of carbonyl (C=O) groups excluding carboxylic acids is 2. The van der Waals surface area contributed by atoms with E-state index in [9.17, 15) is 9.59 Å². The highest BCUT2D eigenvalue weighted by Gasteiger charge is 2.11. The van der Waals surface area contributed by atoms with Crippen LogP contribution in [-0.2, 0) is 20.7 Å². The first-order valence-electron chi connectivity index (χ1n) is 6.40. The van der Waals surface area contributed by atoms with Crippen molar-refractivity contribution in [3.63, 3.8) is 0 Å². The van der Waals surface area contributed by atoms with Crippen molar-refractivity contribution in [2.24, 2.45) is 0 Å². The monoisotopic (exact) mass is 263 g/mol. The van der Waals surface area contributed by atoms with Crippen molar-refractivity contribution >= 4 is 11.9 Å². The van der Waals surface area contributed by atoms with Gasteiger partial charge in [-0.2, -0.15) is 0 Å². The normalized spacial score (nSPS) is 10.1. The molecule has 0 unspecified atom stereocenters. The summed E-state index contributed by atoms with van der Waals surface area (Å²) >= 11 is 0. The van der Waals surface area contributed by atoms with E-state index in [2.05, 4.69) is 4.74 Å². The first-order valence-corrected chi connectivity index (χ1v) is 6.40. The van der Waals surface area contributed by atoms with Crippen LogP contribution in [0.2, 0.25) is 0 Å². The molecular formula is C15H21NO3. The second-order valence-electron chi connectivity index (χ2n) is 4.60. The lowest BCUT2D eigenvalue weighted by Gasteiger charge is -2.17. The van der Waals surface area contributed by atoms with Gasteiger partial charge in [-0.1, -0.05) is 24.3 Å². The molecule has 0 aromatic heterocycles. The quantitative estimate of drug-likeness (QED) is 0.737. The van der Waals surface area contributed by atoms with Crippen LogP contribution in [0.15, 0.2) is 24.3 Å². The van der Waals surface area contributed by atoms with Gasteiger partial charge in [-0.15, -0.1) is 0 Å². The van der Waals surface area contributed by atoms with Gasteiger partial charge in [-0.3, -0.25) is 9.59 Å². The highest BCUT2D eigenvalue weighted by molar-refractivity contribution is 5.79. The van der Waals surface area contributed by atoms with Crippen molar-refractivity contribution in [3.8, 4) is 0 Å². The Balaban J connectivity index is 2.41. The molecule has 0 saturated heterocycles. The molecule has 0 spiro atoms. The lowest BCUT2D eigenvalue weighted by Crippen LogP contribution is -2.29. The maximum Gasteiger partial charge on any atom is 0.305 e. The summed E-state index contributed by atoms with van der Waals surface area (Å²) in [5.41, 5.74) is 2.17. The van der Waals surface area contributed by atoms with E-state index in [4.69, 9.17) is 0 Å². The molecule has 0 saturated carbocycles. The van der Waals surface area contributed by atoms with E-state index >= 15 is 0 Å². The molecule has 19 heavy (non-hydrogen) atoms. The van der Waals surface area contributed by atoms with Crippen molar-refractivity contribution in [2.45, 2.75) is 26.2 Å². The number of esters is 1. The Kier molecular flexibility index (Phi) is 6.06. The van der Waals surface area contributed by atoms with Gasteiger partial charge in [0.05, 0.1) is 13.5 Å². The number of methoxy groups -OCH3 is 1. The summed E-state index contributed by atoms with van der Waals surface area (Å²) in [4.78, 5) is 24.7. The van der Waals surface area contributed by atoms with E-state index in [0.29, 0.717) is 25.8 Å². The number of rotatable bonds is 6. The predicted molar refractivity (Wildman–Crippen MR) is 73.8 cm³/mol. The Labute approximate surface area is 114 Å². The average Bonchev–Trinajstić information content (AvgIpc) is 2.40. The molecule has 0 radical (unpaired) electrons.